The van der Waals surface area contributed by atoms with Gasteiger partial charge in [-0.15, -0.1) is 0 Å². The first-order valence-electron chi connectivity index (χ1n) is 3.63. The molecule has 0 amide bonds. The number of nitrogens with zero attached hydrogens (tertiary/aromatic N) is 1. The lowest BCUT2D eigenvalue weighted by Gasteiger charge is -2.04. The van der Waals surface area contributed by atoms with Gasteiger partial charge in [-0.3, -0.25) is 0 Å². The Bertz CT molecular complexity index is 99.1. The van der Waals surface area contributed by atoms with Crippen molar-refractivity contribution in [2.24, 2.45) is 17.0 Å². The summed E-state index contributed by atoms with van der Waals surface area (Å²) >= 11 is 0. The molecule has 1 atom stereocenters. The molecule has 1 rings (SSSR count). The molecule has 0 spiro atoms. The third-order valence-corrected chi connectivity index (χ3v) is 2.10. The van der Waals surface area contributed by atoms with Crippen molar-refractivity contribution in [1.82, 2.24) is 0 Å². The number of hydrogen-bond acceptors (Lipinski definition) is 2. The fourth-order valence-corrected chi connectivity index (χ4v) is 1.16. The third-order valence-electron chi connectivity index (χ3n) is 2.10. The van der Waals surface area contributed by atoms with Gasteiger partial charge in [0.05, 0.1) is 6.54 Å². The van der Waals surface area contributed by atoms with Crippen LogP contribution < -0.4 is 0 Å². The van der Waals surface area contributed by atoms with Crippen molar-refractivity contribution in [2.45, 2.75) is 26.2 Å². The summed E-state index contributed by atoms with van der Waals surface area (Å²) in [5.74, 6) is 1.66. The van der Waals surface area contributed by atoms with Gasteiger partial charge in [0, 0.05) is 0 Å². The second kappa shape index (κ2) is 2.95. The first-order chi connectivity index (χ1) is 4.34. The lowest BCUT2D eigenvalue weighted by atomic mass is 10.0. The molecule has 0 N–H and O–H groups in total. The maximum Gasteiger partial charge on any atom is 0.0813 e. The Hall–Kier alpha value is -0.400. The van der Waals surface area contributed by atoms with Gasteiger partial charge in [0.15, 0.2) is 0 Å². The topological polar surface area (TPSA) is 29.4 Å². The van der Waals surface area contributed by atoms with E-state index in [2.05, 4.69) is 12.1 Å². The molecule has 0 aromatic carbocycles. The van der Waals surface area contributed by atoms with E-state index in [-0.39, 0.29) is 0 Å². The van der Waals surface area contributed by atoms with Crippen LogP contribution in [0.2, 0.25) is 0 Å². The van der Waals surface area contributed by atoms with Gasteiger partial charge in [-0.05, 0) is 31.1 Å². The van der Waals surface area contributed by atoms with Crippen LogP contribution in [0.1, 0.15) is 26.2 Å². The largest absolute Gasteiger partial charge is 0.151 e. The van der Waals surface area contributed by atoms with Crippen molar-refractivity contribution >= 4 is 0 Å². The molecule has 9 heavy (non-hydrogen) atoms. The summed E-state index contributed by atoms with van der Waals surface area (Å²) in [5, 5.41) is 2.84. The molecule has 0 radical (unpaired) electrons. The number of hydrogen-bond donors (Lipinski definition) is 0. The molecule has 1 saturated carbocycles. The average Bonchev–Trinajstić information content (AvgIpc) is 2.63. The van der Waals surface area contributed by atoms with Crippen molar-refractivity contribution in [3.05, 3.63) is 4.91 Å². The first kappa shape index (κ1) is 6.72. The monoisotopic (exact) mass is 127 g/mol. The predicted octanol–water partition coefficient (Wildman–Crippen LogP) is 2.19. The summed E-state index contributed by atoms with van der Waals surface area (Å²) in [6, 6.07) is 0. The van der Waals surface area contributed by atoms with Crippen LogP contribution >= 0.6 is 0 Å². The first-order valence-corrected chi connectivity index (χ1v) is 3.63. The fraction of sp³-hybridized carbons (Fsp3) is 1.00. The van der Waals surface area contributed by atoms with Crippen molar-refractivity contribution < 1.29 is 0 Å². The van der Waals surface area contributed by atoms with E-state index in [1.807, 2.05) is 0 Å². The van der Waals surface area contributed by atoms with E-state index in [4.69, 9.17) is 0 Å². The molecule has 1 aliphatic rings. The summed E-state index contributed by atoms with van der Waals surface area (Å²) in [5.41, 5.74) is 0. The van der Waals surface area contributed by atoms with Gasteiger partial charge < -0.3 is 0 Å². The molecule has 2 heteroatoms. The summed E-state index contributed by atoms with van der Waals surface area (Å²) in [7, 11) is 0. The molecule has 2 nitrogen and oxygen atoms in total. The third kappa shape index (κ3) is 2.12. The lowest BCUT2D eigenvalue weighted by molar-refractivity contribution is 0.477. The predicted molar refractivity (Wildman–Crippen MR) is 37.2 cm³/mol. The van der Waals surface area contributed by atoms with Crippen LogP contribution in [-0.4, -0.2) is 6.54 Å². The minimum Gasteiger partial charge on any atom is -0.151 e. The quantitative estimate of drug-likeness (QED) is 0.532. The van der Waals surface area contributed by atoms with Crippen molar-refractivity contribution in [3.8, 4) is 0 Å². The van der Waals surface area contributed by atoms with Crippen molar-refractivity contribution in [1.29, 1.82) is 0 Å². The highest BCUT2D eigenvalue weighted by Crippen LogP contribution is 2.37. The summed E-state index contributed by atoms with van der Waals surface area (Å²) in [6.07, 6.45) is 3.74. The maximum atomic E-state index is 9.70. The van der Waals surface area contributed by atoms with Crippen LogP contribution in [0.3, 0.4) is 0 Å². The van der Waals surface area contributed by atoms with E-state index >= 15 is 0 Å². The highest BCUT2D eigenvalue weighted by molar-refractivity contribution is 4.78. The molecule has 0 heterocycles. The second-order valence-electron chi connectivity index (χ2n) is 2.96. The standard InChI is InChI=1S/C7H13NO/c1-6(4-5-8-9)7-2-3-7/h6-7H,2-5H2,1H3. The Kier molecular flexibility index (Phi) is 2.20. The van der Waals surface area contributed by atoms with Crippen molar-refractivity contribution in [2.75, 3.05) is 6.54 Å². The molecular weight excluding hydrogens is 114 g/mol. The van der Waals surface area contributed by atoms with E-state index in [9.17, 15) is 4.91 Å². The van der Waals surface area contributed by atoms with Gasteiger partial charge in [-0.1, -0.05) is 12.1 Å². The molecule has 0 bridgehead atoms. The van der Waals surface area contributed by atoms with Gasteiger partial charge in [0.1, 0.15) is 0 Å². The molecule has 0 aliphatic heterocycles. The highest BCUT2D eigenvalue weighted by Gasteiger charge is 2.27. The lowest BCUT2D eigenvalue weighted by Crippen LogP contribution is -1.98. The Morgan fingerprint density at radius 3 is 2.78 bits per heavy atom. The summed E-state index contributed by atoms with van der Waals surface area (Å²) < 4.78 is 0. The van der Waals surface area contributed by atoms with Crippen LogP contribution in [-0.2, 0) is 0 Å². The van der Waals surface area contributed by atoms with Gasteiger partial charge >= 0.3 is 0 Å². The number of nitroso groups, excluding NO2 is 1. The summed E-state index contributed by atoms with van der Waals surface area (Å²) in [4.78, 5) is 9.70. The van der Waals surface area contributed by atoms with Gasteiger partial charge in [0.25, 0.3) is 0 Å². The molecule has 1 unspecified atom stereocenters. The smallest absolute Gasteiger partial charge is 0.0813 e. The zero-order valence-electron chi connectivity index (χ0n) is 5.84. The average molecular weight is 127 g/mol. The SMILES string of the molecule is CC(CCN=O)C1CC1. The van der Waals surface area contributed by atoms with Gasteiger partial charge in [0.2, 0.25) is 0 Å². The molecule has 1 fully saturated rings. The Balaban J connectivity index is 2.02. The molecule has 0 aromatic rings. The Morgan fingerprint density at radius 2 is 2.33 bits per heavy atom. The van der Waals surface area contributed by atoms with Crippen LogP contribution in [0.5, 0.6) is 0 Å². The molecule has 1 aliphatic carbocycles. The van der Waals surface area contributed by atoms with E-state index in [1.54, 1.807) is 0 Å². The van der Waals surface area contributed by atoms with Crippen LogP contribution in [0, 0.1) is 16.7 Å². The summed E-state index contributed by atoms with van der Waals surface area (Å²) in [6.45, 7) is 2.72. The van der Waals surface area contributed by atoms with E-state index in [1.165, 1.54) is 12.8 Å². The van der Waals surface area contributed by atoms with Gasteiger partial charge in [-0.2, -0.15) is 4.91 Å². The minimum absolute atomic E-state index is 0.512. The van der Waals surface area contributed by atoms with E-state index in [0.717, 1.165) is 18.3 Å². The minimum atomic E-state index is 0.512. The zero-order chi connectivity index (χ0) is 6.69. The molecule has 52 valence electrons. The van der Waals surface area contributed by atoms with E-state index in [0.29, 0.717) is 6.54 Å². The van der Waals surface area contributed by atoms with Crippen LogP contribution in [0.4, 0.5) is 0 Å². The van der Waals surface area contributed by atoms with Crippen molar-refractivity contribution in [3.63, 3.8) is 0 Å². The van der Waals surface area contributed by atoms with Crippen LogP contribution in [0.15, 0.2) is 5.18 Å². The van der Waals surface area contributed by atoms with E-state index < -0.39 is 0 Å². The molecule has 0 aromatic heterocycles. The Morgan fingerprint density at radius 1 is 1.67 bits per heavy atom. The van der Waals surface area contributed by atoms with Gasteiger partial charge in [-0.25, -0.2) is 0 Å². The molecule has 0 saturated heterocycles. The Labute approximate surface area is 55.6 Å². The zero-order valence-corrected chi connectivity index (χ0v) is 5.84. The number of rotatable bonds is 4. The normalized spacial score (nSPS) is 21.4. The fourth-order valence-electron chi connectivity index (χ4n) is 1.16. The second-order valence-corrected chi connectivity index (χ2v) is 2.96. The van der Waals surface area contributed by atoms with Crippen LogP contribution in [0.25, 0.3) is 0 Å². The maximum absolute atomic E-state index is 9.70. The molecular formula is C7H13NO. The highest BCUT2D eigenvalue weighted by atomic mass is 16.3.